The van der Waals surface area contributed by atoms with Crippen LogP contribution in [-0.4, -0.2) is 23.5 Å². The van der Waals surface area contributed by atoms with Crippen molar-refractivity contribution in [3.63, 3.8) is 0 Å². The van der Waals surface area contributed by atoms with Gasteiger partial charge in [-0.05, 0) is 46.0 Å². The zero-order chi connectivity index (χ0) is 14.0. The Bertz CT molecular complexity index is 290. The average molecular weight is 263 g/mol. The number of alkyl halides is 2. The molecule has 1 saturated carbocycles. The summed E-state index contributed by atoms with van der Waals surface area (Å²) in [6.07, 6.45) is 1.11. The van der Waals surface area contributed by atoms with Crippen LogP contribution in [0.1, 0.15) is 52.9 Å². The Hall–Kier alpha value is -0.710. The monoisotopic (exact) mass is 263 g/mol. The molecule has 0 radical (unpaired) electrons. The molecule has 0 aromatic heterocycles. The Morgan fingerprint density at radius 2 is 1.89 bits per heavy atom. The van der Waals surface area contributed by atoms with E-state index >= 15 is 0 Å². The van der Waals surface area contributed by atoms with Gasteiger partial charge in [-0.25, -0.2) is 8.78 Å². The first kappa shape index (κ1) is 15.3. The molecule has 1 fully saturated rings. The minimum absolute atomic E-state index is 0.0985. The van der Waals surface area contributed by atoms with Gasteiger partial charge in [-0.3, -0.25) is 4.79 Å². The van der Waals surface area contributed by atoms with Crippen LogP contribution in [0.5, 0.6) is 0 Å². The molecule has 1 aliphatic rings. The molecular weight excluding hydrogens is 240 g/mol. The number of hydrogen-bond donors (Lipinski definition) is 1. The van der Waals surface area contributed by atoms with Crippen molar-refractivity contribution in [2.24, 2.45) is 11.7 Å². The molecule has 1 rings (SSSR count). The molecule has 0 aromatic rings. The first-order valence-electron chi connectivity index (χ1n) is 6.45. The van der Waals surface area contributed by atoms with E-state index < -0.39 is 23.5 Å². The van der Waals surface area contributed by atoms with Crippen molar-refractivity contribution in [2.75, 3.05) is 0 Å². The highest BCUT2D eigenvalue weighted by Crippen LogP contribution is 2.37. The predicted octanol–water partition coefficient (Wildman–Crippen LogP) is 2.87. The Kier molecular flexibility index (Phi) is 4.70. The molecule has 0 aromatic carbocycles. The standard InChI is InChI=1S/C13H23F2NO2/c1-12(2,3)18-11(17)10(16)8-9-4-6-13(14,15)7-5-9/h9-10H,4-8,16H2,1-3H3/t10-/m0/s1. The molecule has 0 unspecified atom stereocenters. The number of esters is 1. The van der Waals surface area contributed by atoms with Crippen molar-refractivity contribution in [3.05, 3.63) is 0 Å². The zero-order valence-corrected chi connectivity index (χ0v) is 11.3. The summed E-state index contributed by atoms with van der Waals surface area (Å²) < 4.78 is 31.1. The highest BCUT2D eigenvalue weighted by atomic mass is 19.3. The van der Waals surface area contributed by atoms with Crippen molar-refractivity contribution in [3.8, 4) is 0 Å². The lowest BCUT2D eigenvalue weighted by atomic mass is 9.83. The van der Waals surface area contributed by atoms with Gasteiger partial charge in [0.2, 0.25) is 5.92 Å². The Morgan fingerprint density at radius 1 is 1.39 bits per heavy atom. The van der Waals surface area contributed by atoms with Gasteiger partial charge in [-0.2, -0.15) is 0 Å². The van der Waals surface area contributed by atoms with E-state index in [1.165, 1.54) is 0 Å². The van der Waals surface area contributed by atoms with Crippen molar-refractivity contribution in [1.82, 2.24) is 0 Å². The Labute approximate surface area is 107 Å². The summed E-state index contributed by atoms with van der Waals surface area (Å²) in [5.41, 5.74) is 5.20. The second kappa shape index (κ2) is 5.51. The van der Waals surface area contributed by atoms with Gasteiger partial charge in [-0.1, -0.05) is 0 Å². The van der Waals surface area contributed by atoms with Crippen LogP contribution in [0.2, 0.25) is 0 Å². The fourth-order valence-corrected chi connectivity index (χ4v) is 2.17. The van der Waals surface area contributed by atoms with Crippen LogP contribution < -0.4 is 5.73 Å². The van der Waals surface area contributed by atoms with Crippen LogP contribution in [0, 0.1) is 5.92 Å². The third-order valence-corrected chi connectivity index (χ3v) is 3.13. The van der Waals surface area contributed by atoms with E-state index in [0.717, 1.165) is 0 Å². The molecule has 0 bridgehead atoms. The third kappa shape index (κ3) is 5.29. The van der Waals surface area contributed by atoms with Gasteiger partial charge in [0.15, 0.2) is 0 Å². The lowest BCUT2D eigenvalue weighted by Gasteiger charge is -2.30. The van der Waals surface area contributed by atoms with Crippen molar-refractivity contribution >= 4 is 5.97 Å². The lowest BCUT2D eigenvalue weighted by Crippen LogP contribution is -2.39. The SMILES string of the molecule is CC(C)(C)OC(=O)[C@@H](N)CC1CCC(F)(F)CC1. The summed E-state index contributed by atoms with van der Waals surface area (Å²) in [6, 6.07) is -0.707. The summed E-state index contributed by atoms with van der Waals surface area (Å²) in [4.78, 5) is 11.7. The fraction of sp³-hybridized carbons (Fsp3) is 0.923. The minimum Gasteiger partial charge on any atom is -0.459 e. The summed E-state index contributed by atoms with van der Waals surface area (Å²) in [7, 11) is 0. The number of rotatable bonds is 3. The van der Waals surface area contributed by atoms with E-state index in [2.05, 4.69) is 0 Å². The van der Waals surface area contributed by atoms with Crippen LogP contribution >= 0.6 is 0 Å². The van der Waals surface area contributed by atoms with Gasteiger partial charge in [-0.15, -0.1) is 0 Å². The molecule has 0 spiro atoms. The van der Waals surface area contributed by atoms with Gasteiger partial charge in [0, 0.05) is 12.8 Å². The molecule has 1 aliphatic carbocycles. The molecule has 5 heteroatoms. The molecular formula is C13H23F2NO2. The lowest BCUT2D eigenvalue weighted by molar-refractivity contribution is -0.157. The molecule has 1 atom stereocenters. The highest BCUT2D eigenvalue weighted by molar-refractivity contribution is 5.75. The molecule has 3 nitrogen and oxygen atoms in total. The first-order chi connectivity index (χ1) is 8.09. The number of ether oxygens (including phenoxy) is 1. The van der Waals surface area contributed by atoms with Crippen molar-refractivity contribution < 1.29 is 18.3 Å². The summed E-state index contributed by atoms with van der Waals surface area (Å²) in [5.74, 6) is -2.88. The van der Waals surface area contributed by atoms with E-state index in [1.807, 2.05) is 0 Å². The number of halogens is 2. The second-order valence-electron chi connectivity index (χ2n) is 6.17. The Balaban J connectivity index is 2.37. The van der Waals surface area contributed by atoms with Gasteiger partial charge in [0.25, 0.3) is 0 Å². The van der Waals surface area contributed by atoms with Gasteiger partial charge < -0.3 is 10.5 Å². The molecule has 18 heavy (non-hydrogen) atoms. The number of hydrogen-bond acceptors (Lipinski definition) is 3. The second-order valence-corrected chi connectivity index (χ2v) is 6.17. The molecule has 2 N–H and O–H groups in total. The topological polar surface area (TPSA) is 52.3 Å². The average Bonchev–Trinajstić information content (AvgIpc) is 2.18. The van der Waals surface area contributed by atoms with E-state index in [9.17, 15) is 13.6 Å². The molecule has 0 heterocycles. The number of carbonyl (C=O) groups excluding carboxylic acids is 1. The maximum absolute atomic E-state index is 13.0. The van der Waals surface area contributed by atoms with E-state index in [1.54, 1.807) is 20.8 Å². The molecule has 106 valence electrons. The fourth-order valence-electron chi connectivity index (χ4n) is 2.17. The summed E-state index contributed by atoms with van der Waals surface area (Å²) in [5, 5.41) is 0. The van der Waals surface area contributed by atoms with E-state index in [0.29, 0.717) is 19.3 Å². The smallest absolute Gasteiger partial charge is 0.323 e. The summed E-state index contributed by atoms with van der Waals surface area (Å²) >= 11 is 0. The quantitative estimate of drug-likeness (QED) is 0.797. The number of nitrogens with two attached hydrogens (primary N) is 1. The Morgan fingerprint density at radius 3 is 2.33 bits per heavy atom. The molecule has 0 saturated heterocycles. The maximum atomic E-state index is 13.0. The van der Waals surface area contributed by atoms with Crippen LogP contribution in [0.3, 0.4) is 0 Å². The highest BCUT2D eigenvalue weighted by Gasteiger charge is 2.36. The summed E-state index contributed by atoms with van der Waals surface area (Å²) in [6.45, 7) is 5.33. The van der Waals surface area contributed by atoms with Gasteiger partial charge >= 0.3 is 5.97 Å². The normalized spacial score (nSPS) is 22.6. The third-order valence-electron chi connectivity index (χ3n) is 3.13. The van der Waals surface area contributed by atoms with Crippen molar-refractivity contribution in [1.29, 1.82) is 0 Å². The first-order valence-corrected chi connectivity index (χ1v) is 6.45. The zero-order valence-electron chi connectivity index (χ0n) is 11.3. The van der Waals surface area contributed by atoms with E-state index in [-0.39, 0.29) is 18.8 Å². The van der Waals surface area contributed by atoms with E-state index in [4.69, 9.17) is 10.5 Å². The van der Waals surface area contributed by atoms with Crippen LogP contribution in [0.15, 0.2) is 0 Å². The van der Waals surface area contributed by atoms with Crippen LogP contribution in [-0.2, 0) is 9.53 Å². The predicted molar refractivity (Wildman–Crippen MR) is 65.3 cm³/mol. The van der Waals surface area contributed by atoms with Gasteiger partial charge in [0.05, 0.1) is 0 Å². The number of carbonyl (C=O) groups is 1. The van der Waals surface area contributed by atoms with Crippen molar-refractivity contribution in [2.45, 2.75) is 70.4 Å². The minimum atomic E-state index is -2.54. The molecule has 0 amide bonds. The largest absolute Gasteiger partial charge is 0.459 e. The maximum Gasteiger partial charge on any atom is 0.323 e. The van der Waals surface area contributed by atoms with Crippen LogP contribution in [0.25, 0.3) is 0 Å². The molecule has 0 aliphatic heterocycles. The van der Waals surface area contributed by atoms with Crippen LogP contribution in [0.4, 0.5) is 8.78 Å². The van der Waals surface area contributed by atoms with Gasteiger partial charge in [0.1, 0.15) is 11.6 Å².